The minimum Gasteiger partial charge on any atom is -0.260 e. The van der Waals surface area contributed by atoms with E-state index in [2.05, 4.69) is 206 Å². The Morgan fingerprint density at radius 1 is 0.417 bits per heavy atom. The Bertz CT molecular complexity index is 2210. The predicted molar refractivity (Wildman–Crippen MR) is 282 cm³/mol. The van der Waals surface area contributed by atoms with Crippen LogP contribution in [0.1, 0.15) is 97.6 Å². The molecule has 316 valence electrons. The van der Waals surface area contributed by atoms with Crippen molar-refractivity contribution < 1.29 is 0 Å². The Morgan fingerprint density at radius 3 is 1.60 bits per heavy atom. The number of thioether (sulfide) groups is 4. The van der Waals surface area contributed by atoms with Crippen LogP contribution >= 0.6 is 111 Å². The van der Waals surface area contributed by atoms with Gasteiger partial charge in [0.2, 0.25) is 0 Å². The van der Waals surface area contributed by atoms with Gasteiger partial charge in [-0.3, -0.25) is 9.98 Å². The molecule has 0 bridgehead atoms. The quantitative estimate of drug-likeness (QED) is 0.175. The van der Waals surface area contributed by atoms with Crippen molar-refractivity contribution >= 4 is 135 Å². The molecule has 4 fully saturated rings. The largest absolute Gasteiger partial charge is 0.260 e. The fourth-order valence-electron chi connectivity index (χ4n) is 11.1. The second kappa shape index (κ2) is 19.6. The molecular weight excluding hydrogens is 1080 g/mol. The molecule has 0 aromatic heterocycles. The van der Waals surface area contributed by atoms with Gasteiger partial charge in [-0.15, -0.1) is 0 Å². The molecule has 4 aromatic carbocycles. The van der Waals surface area contributed by atoms with E-state index in [9.17, 15) is 0 Å². The number of halogens is 4. The van der Waals surface area contributed by atoms with E-state index in [0.29, 0.717) is 10.8 Å². The Kier molecular flexibility index (Phi) is 14.6. The van der Waals surface area contributed by atoms with Crippen LogP contribution in [0.5, 0.6) is 0 Å². The van der Waals surface area contributed by atoms with Crippen molar-refractivity contribution in [1.29, 1.82) is 0 Å². The smallest absolute Gasteiger partial charge is 0.0678 e. The Morgan fingerprint density at radius 2 is 0.917 bits per heavy atom. The second-order valence-corrected chi connectivity index (χ2v) is 26.1. The summed E-state index contributed by atoms with van der Waals surface area (Å²) in [6, 6.07) is 26.4. The van der Waals surface area contributed by atoms with Gasteiger partial charge in [0, 0.05) is 46.7 Å². The third-order valence-corrected chi connectivity index (χ3v) is 20.8. The number of fused-ring (bicyclic) bond motifs is 8. The molecule has 6 heterocycles. The van der Waals surface area contributed by atoms with Crippen molar-refractivity contribution in [1.82, 2.24) is 0 Å². The van der Waals surface area contributed by atoms with E-state index in [-0.39, 0.29) is 10.8 Å². The number of aryl methyl sites for hydroxylation is 2. The summed E-state index contributed by atoms with van der Waals surface area (Å²) in [5.74, 6) is 10.5. The minimum absolute atomic E-state index is 0.237. The normalized spacial score (nSPS) is 22.5. The number of rotatable bonds is 0. The van der Waals surface area contributed by atoms with Crippen LogP contribution in [0.15, 0.2) is 101 Å². The molecule has 2 aliphatic carbocycles. The molecule has 12 rings (SSSR count). The molecule has 0 N–H and O–H groups in total. The van der Waals surface area contributed by atoms with Crippen LogP contribution in [-0.4, -0.2) is 58.5 Å². The average Bonchev–Trinajstić information content (AvgIpc) is 4.02. The molecule has 10 heteroatoms. The summed E-state index contributed by atoms with van der Waals surface area (Å²) in [6.07, 6.45) is 20.2. The van der Waals surface area contributed by atoms with Gasteiger partial charge >= 0.3 is 0 Å². The first-order valence-corrected chi connectivity index (χ1v) is 29.6. The summed E-state index contributed by atoms with van der Waals surface area (Å²) in [6.45, 7) is 0. The molecule has 0 unspecified atom stereocenters. The Balaban J connectivity index is 0.000000103. The maximum Gasteiger partial charge on any atom is 0.0678 e. The first-order valence-electron chi connectivity index (χ1n) is 21.8. The molecule has 8 aliphatic rings. The standard InChI is InChI=1S/2C13H15BrS.2C12H12BrNS/c14-11-1-2-12-10(9-11)3-4-13(12)5-7-15-8-6-13;14-11-3-1-2-10-4-5-13(12(10)11)6-8-15-9-7-13;13-9-1-2-10-11(7-9)14-8-12(10)3-5-15-6-4-12;13-9-2-1-3-10-11(9)12(8-14-10)4-6-15-7-5-12/h1-2,9H,3-8H2;1-3H,4-9H2;1-2,7-8H,3-6H2;1-3,8H,4-7H2. The van der Waals surface area contributed by atoms with Crippen LogP contribution in [0.2, 0.25) is 0 Å². The van der Waals surface area contributed by atoms with Gasteiger partial charge in [0.1, 0.15) is 0 Å². The Labute approximate surface area is 409 Å². The molecular formula is C50H54Br4N2S4. The predicted octanol–water partition coefficient (Wildman–Crippen LogP) is 16.2. The fourth-order valence-corrected chi connectivity index (χ4v) is 18.5. The summed E-state index contributed by atoms with van der Waals surface area (Å²) in [5, 5.41) is 0. The summed E-state index contributed by atoms with van der Waals surface area (Å²) < 4.78 is 4.94. The Hall–Kier alpha value is -0.460. The molecule has 6 aliphatic heterocycles. The zero-order chi connectivity index (χ0) is 41.2. The van der Waals surface area contributed by atoms with E-state index < -0.39 is 0 Å². The number of nitrogens with zero attached hydrogens (tertiary/aromatic N) is 2. The van der Waals surface area contributed by atoms with E-state index >= 15 is 0 Å². The number of benzene rings is 4. The first kappa shape index (κ1) is 44.7. The van der Waals surface area contributed by atoms with Crippen LogP contribution in [-0.2, 0) is 34.5 Å². The van der Waals surface area contributed by atoms with E-state index in [4.69, 9.17) is 0 Å². The highest BCUT2D eigenvalue weighted by molar-refractivity contribution is 9.11. The SMILES string of the molecule is Brc1ccc2c(c1)CCC21CCSCC1.Brc1ccc2c(c1)N=CC21CCSCC1.Brc1cccc2c1C1(C=N2)CCSCC1.Brc1cccc2c1C1(CCSCC1)CC2. The van der Waals surface area contributed by atoms with Crippen molar-refractivity contribution in [2.75, 3.05) is 46.0 Å². The molecule has 0 saturated carbocycles. The molecule has 0 amide bonds. The maximum atomic E-state index is 4.57. The average molecular weight is 1130 g/mol. The van der Waals surface area contributed by atoms with Gasteiger partial charge in [-0.2, -0.15) is 47.0 Å². The van der Waals surface area contributed by atoms with E-state index in [1.54, 1.807) is 22.3 Å². The molecule has 0 radical (unpaired) electrons. The first-order chi connectivity index (χ1) is 29.2. The van der Waals surface area contributed by atoms with E-state index in [0.717, 1.165) is 15.8 Å². The van der Waals surface area contributed by atoms with Crippen molar-refractivity contribution in [3.8, 4) is 0 Å². The summed E-state index contributed by atoms with van der Waals surface area (Å²) >= 11 is 22.9. The molecule has 4 spiro atoms. The lowest BCUT2D eigenvalue weighted by molar-refractivity contribution is 0.391. The number of aliphatic imine (C=N–C) groups is 2. The molecule has 4 aromatic rings. The van der Waals surface area contributed by atoms with E-state index in [1.165, 1.54) is 148 Å². The highest BCUT2D eigenvalue weighted by Crippen LogP contribution is 2.52. The summed E-state index contributed by atoms with van der Waals surface area (Å²) in [4.78, 5) is 9.15. The van der Waals surface area contributed by atoms with Crippen LogP contribution in [0.4, 0.5) is 11.4 Å². The van der Waals surface area contributed by atoms with Crippen LogP contribution in [0.3, 0.4) is 0 Å². The summed E-state index contributed by atoms with van der Waals surface area (Å²) in [7, 11) is 0. The van der Waals surface area contributed by atoms with Gasteiger partial charge in [-0.25, -0.2) is 0 Å². The van der Waals surface area contributed by atoms with Crippen molar-refractivity contribution in [3.63, 3.8) is 0 Å². The van der Waals surface area contributed by atoms with Crippen molar-refractivity contribution in [2.45, 2.75) is 98.7 Å². The monoisotopic (exact) mass is 1130 g/mol. The van der Waals surface area contributed by atoms with Gasteiger partial charge in [0.25, 0.3) is 0 Å². The number of hydrogen-bond acceptors (Lipinski definition) is 6. The van der Waals surface area contributed by atoms with Crippen LogP contribution < -0.4 is 0 Å². The van der Waals surface area contributed by atoms with Crippen LogP contribution in [0.25, 0.3) is 0 Å². The van der Waals surface area contributed by atoms with Gasteiger partial charge < -0.3 is 0 Å². The molecule has 0 atom stereocenters. The van der Waals surface area contributed by atoms with Crippen molar-refractivity contribution in [3.05, 3.63) is 124 Å². The maximum absolute atomic E-state index is 4.57. The van der Waals surface area contributed by atoms with Gasteiger partial charge in [-0.1, -0.05) is 94.1 Å². The lowest BCUT2D eigenvalue weighted by atomic mass is 9.77. The zero-order valence-corrected chi connectivity index (χ0v) is 43.9. The fraction of sp³-hybridized carbons (Fsp3) is 0.480. The topological polar surface area (TPSA) is 24.7 Å². The lowest BCUT2D eigenvalue weighted by Crippen LogP contribution is -2.30. The van der Waals surface area contributed by atoms with Crippen molar-refractivity contribution in [2.24, 2.45) is 9.98 Å². The molecule has 2 nitrogen and oxygen atoms in total. The van der Waals surface area contributed by atoms with Crippen LogP contribution in [0, 0.1) is 0 Å². The minimum atomic E-state index is 0.237. The lowest BCUT2D eigenvalue weighted by Gasteiger charge is -2.34. The van der Waals surface area contributed by atoms with E-state index in [1.807, 2.05) is 0 Å². The number of hydrogen-bond donors (Lipinski definition) is 0. The summed E-state index contributed by atoms with van der Waals surface area (Å²) in [5.41, 5.74) is 13.3. The highest BCUT2D eigenvalue weighted by Gasteiger charge is 2.42. The third-order valence-electron chi connectivity index (χ3n) is 14.6. The van der Waals surface area contributed by atoms with Gasteiger partial charge in [0.15, 0.2) is 0 Å². The molecule has 60 heavy (non-hydrogen) atoms. The highest BCUT2D eigenvalue weighted by atomic mass is 79.9. The molecule has 4 saturated heterocycles. The third kappa shape index (κ3) is 9.18. The van der Waals surface area contributed by atoms with Gasteiger partial charge in [0.05, 0.1) is 11.4 Å². The zero-order valence-electron chi connectivity index (χ0n) is 34.3. The second-order valence-electron chi connectivity index (χ2n) is 17.7. The van der Waals surface area contributed by atoms with Gasteiger partial charge in [-0.05, 0) is 204 Å².